The number of aliphatic carboxylic acids is 1. The second-order valence-corrected chi connectivity index (χ2v) is 5.27. The highest BCUT2D eigenvalue weighted by Crippen LogP contribution is 2.15. The Kier molecular flexibility index (Phi) is 5.72. The fourth-order valence-corrected chi connectivity index (χ4v) is 1.54. The maximum Gasteiger partial charge on any atom is 0.323 e. The first-order chi connectivity index (χ1) is 6.79. The Hall–Kier alpha value is -0.710. The average molecular weight is 233 g/mol. The lowest BCUT2D eigenvalue weighted by atomic mass is 10.1. The van der Waals surface area contributed by atoms with Crippen LogP contribution >= 0.6 is 11.8 Å². The van der Waals surface area contributed by atoms with Gasteiger partial charge < -0.3 is 10.0 Å². The molecule has 0 bridgehead atoms. The van der Waals surface area contributed by atoms with Gasteiger partial charge in [0.1, 0.15) is 6.54 Å². The molecule has 0 aromatic heterocycles. The molecule has 0 aromatic rings. The van der Waals surface area contributed by atoms with Gasteiger partial charge in [-0.15, -0.1) is 0 Å². The number of carboxylic acid groups (broad SMARTS) is 1. The summed E-state index contributed by atoms with van der Waals surface area (Å²) in [5.41, 5.74) is -0.437. The number of hydrogen-bond donors (Lipinski definition) is 1. The molecule has 0 atom stereocenters. The highest BCUT2D eigenvalue weighted by molar-refractivity contribution is 7.98. The first-order valence-electron chi connectivity index (χ1n) is 4.80. The van der Waals surface area contributed by atoms with Crippen LogP contribution < -0.4 is 0 Å². The Morgan fingerprint density at radius 1 is 1.33 bits per heavy atom. The lowest BCUT2D eigenvalue weighted by molar-refractivity contribution is -0.148. The highest BCUT2D eigenvalue weighted by atomic mass is 32.2. The Bertz CT molecular complexity index is 235. The minimum Gasteiger partial charge on any atom is -0.480 e. The van der Waals surface area contributed by atoms with Crippen molar-refractivity contribution in [3.8, 4) is 0 Å². The second-order valence-electron chi connectivity index (χ2n) is 4.29. The summed E-state index contributed by atoms with van der Waals surface area (Å²) in [5.74, 6) is -0.341. The summed E-state index contributed by atoms with van der Waals surface area (Å²) < 4.78 is 0. The van der Waals surface area contributed by atoms with Crippen molar-refractivity contribution in [3.05, 3.63) is 0 Å². The van der Waals surface area contributed by atoms with Gasteiger partial charge in [-0.1, -0.05) is 0 Å². The predicted octanol–water partition coefficient (Wildman–Crippen LogP) is 1.45. The van der Waals surface area contributed by atoms with Gasteiger partial charge in [0.05, 0.1) is 0 Å². The lowest BCUT2D eigenvalue weighted by Crippen LogP contribution is -2.48. The number of nitrogens with zero attached hydrogens (tertiary/aromatic N) is 1. The standard InChI is InChI=1S/C10H19NO3S/c1-10(2,3)11(7-9(13)14)8(12)5-6-15-4/h5-7H2,1-4H3,(H,13,14). The van der Waals surface area contributed by atoms with Crippen molar-refractivity contribution in [1.29, 1.82) is 0 Å². The van der Waals surface area contributed by atoms with Crippen LogP contribution in [-0.2, 0) is 9.59 Å². The van der Waals surface area contributed by atoms with Crippen molar-refractivity contribution >= 4 is 23.6 Å². The van der Waals surface area contributed by atoms with E-state index in [1.165, 1.54) is 4.90 Å². The van der Waals surface area contributed by atoms with Gasteiger partial charge in [-0.3, -0.25) is 9.59 Å². The number of hydrogen-bond acceptors (Lipinski definition) is 3. The van der Waals surface area contributed by atoms with Crippen molar-refractivity contribution in [1.82, 2.24) is 4.90 Å². The first kappa shape index (κ1) is 14.3. The summed E-state index contributed by atoms with van der Waals surface area (Å²) in [6, 6.07) is 0. The van der Waals surface area contributed by atoms with Crippen LogP contribution in [0.4, 0.5) is 0 Å². The fourth-order valence-electron chi connectivity index (χ4n) is 1.16. The van der Waals surface area contributed by atoms with Crippen LogP contribution in [0.25, 0.3) is 0 Å². The van der Waals surface area contributed by atoms with E-state index >= 15 is 0 Å². The molecule has 0 unspecified atom stereocenters. The Balaban J connectivity index is 4.49. The van der Waals surface area contributed by atoms with E-state index in [0.717, 1.165) is 5.75 Å². The molecular formula is C10H19NO3S. The zero-order chi connectivity index (χ0) is 12.1. The van der Waals surface area contributed by atoms with Crippen LogP contribution in [0, 0.1) is 0 Å². The molecule has 1 N–H and O–H groups in total. The Morgan fingerprint density at radius 2 is 1.87 bits per heavy atom. The van der Waals surface area contributed by atoms with Crippen LogP contribution in [-0.4, -0.2) is 46.0 Å². The van der Waals surface area contributed by atoms with Crippen LogP contribution in [0.1, 0.15) is 27.2 Å². The van der Waals surface area contributed by atoms with Gasteiger partial charge in [-0.25, -0.2) is 0 Å². The largest absolute Gasteiger partial charge is 0.480 e. The van der Waals surface area contributed by atoms with Crippen LogP contribution in [0.15, 0.2) is 0 Å². The summed E-state index contributed by atoms with van der Waals surface area (Å²) in [5, 5.41) is 8.72. The number of amides is 1. The van der Waals surface area contributed by atoms with Crippen molar-refractivity contribution in [2.75, 3.05) is 18.6 Å². The van der Waals surface area contributed by atoms with E-state index < -0.39 is 11.5 Å². The van der Waals surface area contributed by atoms with Crippen LogP contribution in [0.2, 0.25) is 0 Å². The van der Waals surface area contributed by atoms with Crippen molar-refractivity contribution in [3.63, 3.8) is 0 Å². The molecule has 0 aromatic carbocycles. The topological polar surface area (TPSA) is 57.6 Å². The monoisotopic (exact) mass is 233 g/mol. The molecule has 15 heavy (non-hydrogen) atoms. The number of carbonyl (C=O) groups excluding carboxylic acids is 1. The predicted molar refractivity (Wildman–Crippen MR) is 62.1 cm³/mol. The number of carboxylic acids is 1. The van der Waals surface area contributed by atoms with Crippen molar-refractivity contribution in [2.24, 2.45) is 0 Å². The third-order valence-corrected chi connectivity index (χ3v) is 2.54. The van der Waals surface area contributed by atoms with Gasteiger partial charge in [-0.2, -0.15) is 11.8 Å². The average Bonchev–Trinajstić information content (AvgIpc) is 2.08. The molecule has 0 heterocycles. The molecule has 0 spiro atoms. The van der Waals surface area contributed by atoms with Gasteiger partial charge in [0.15, 0.2) is 0 Å². The van der Waals surface area contributed by atoms with Crippen LogP contribution in [0.3, 0.4) is 0 Å². The first-order valence-corrected chi connectivity index (χ1v) is 6.19. The lowest BCUT2D eigenvalue weighted by Gasteiger charge is -2.34. The SMILES string of the molecule is CSCCC(=O)N(CC(=O)O)C(C)(C)C. The minimum absolute atomic E-state index is 0.0979. The molecule has 5 heteroatoms. The molecule has 0 radical (unpaired) electrons. The number of thioether (sulfide) groups is 1. The van der Waals surface area contributed by atoms with Gasteiger partial charge >= 0.3 is 5.97 Å². The number of carbonyl (C=O) groups is 2. The van der Waals surface area contributed by atoms with Gasteiger partial charge in [0.25, 0.3) is 0 Å². The van der Waals surface area contributed by atoms with Gasteiger partial charge in [0.2, 0.25) is 5.91 Å². The third-order valence-electron chi connectivity index (χ3n) is 1.92. The van der Waals surface area contributed by atoms with E-state index in [1.807, 2.05) is 27.0 Å². The molecule has 0 fully saturated rings. The summed E-state index contributed by atoms with van der Waals surface area (Å²) in [7, 11) is 0. The molecule has 0 saturated carbocycles. The van der Waals surface area contributed by atoms with Gasteiger partial charge in [-0.05, 0) is 27.0 Å². The van der Waals surface area contributed by atoms with E-state index in [1.54, 1.807) is 11.8 Å². The molecule has 1 amide bonds. The summed E-state index contributed by atoms with van der Waals surface area (Å²) >= 11 is 1.58. The van der Waals surface area contributed by atoms with Crippen molar-refractivity contribution < 1.29 is 14.7 Å². The van der Waals surface area contributed by atoms with E-state index in [0.29, 0.717) is 6.42 Å². The maximum absolute atomic E-state index is 11.7. The zero-order valence-corrected chi connectivity index (χ0v) is 10.6. The molecule has 4 nitrogen and oxygen atoms in total. The molecule has 0 saturated heterocycles. The molecule has 0 aliphatic heterocycles. The van der Waals surface area contributed by atoms with E-state index in [-0.39, 0.29) is 12.5 Å². The van der Waals surface area contributed by atoms with Crippen molar-refractivity contribution in [2.45, 2.75) is 32.7 Å². The molecular weight excluding hydrogens is 214 g/mol. The summed E-state index contributed by atoms with van der Waals surface area (Å²) in [6.45, 7) is 5.30. The summed E-state index contributed by atoms with van der Waals surface area (Å²) in [4.78, 5) is 23.8. The molecule has 0 aliphatic carbocycles. The zero-order valence-electron chi connectivity index (χ0n) is 9.74. The molecule has 0 rings (SSSR count). The quantitative estimate of drug-likeness (QED) is 0.781. The second kappa shape index (κ2) is 6.00. The maximum atomic E-state index is 11.7. The molecule has 0 aliphatic rings. The van der Waals surface area contributed by atoms with E-state index in [4.69, 9.17) is 5.11 Å². The summed E-state index contributed by atoms with van der Waals surface area (Å²) in [6.07, 6.45) is 2.32. The third kappa shape index (κ3) is 5.67. The van der Waals surface area contributed by atoms with Gasteiger partial charge in [0, 0.05) is 17.7 Å². The Morgan fingerprint density at radius 3 is 2.20 bits per heavy atom. The molecule has 88 valence electrons. The van der Waals surface area contributed by atoms with E-state index in [9.17, 15) is 9.59 Å². The van der Waals surface area contributed by atoms with Crippen LogP contribution in [0.5, 0.6) is 0 Å². The highest BCUT2D eigenvalue weighted by Gasteiger charge is 2.27. The fraction of sp³-hybridized carbons (Fsp3) is 0.800. The minimum atomic E-state index is -0.970. The Labute approximate surface area is 95.0 Å². The normalized spacial score (nSPS) is 11.2. The van der Waals surface area contributed by atoms with E-state index in [2.05, 4.69) is 0 Å². The number of rotatable bonds is 5. The smallest absolute Gasteiger partial charge is 0.323 e.